The van der Waals surface area contributed by atoms with Crippen LogP contribution in [-0.2, 0) is 14.3 Å². The summed E-state index contributed by atoms with van der Waals surface area (Å²) < 4.78 is 9.96. The van der Waals surface area contributed by atoms with E-state index in [0.29, 0.717) is 5.76 Å². The fourth-order valence-corrected chi connectivity index (χ4v) is 1.74. The second-order valence-electron chi connectivity index (χ2n) is 4.72. The molecule has 24 heavy (non-hydrogen) atoms. The lowest BCUT2D eigenvalue weighted by molar-refractivity contribution is -0.384. The van der Waals surface area contributed by atoms with Crippen LogP contribution in [0.25, 0.3) is 6.08 Å². The van der Waals surface area contributed by atoms with E-state index >= 15 is 0 Å². The number of benzene rings is 1. The van der Waals surface area contributed by atoms with Crippen molar-refractivity contribution < 1.29 is 23.7 Å². The van der Waals surface area contributed by atoms with E-state index in [0.717, 1.165) is 6.08 Å². The van der Waals surface area contributed by atoms with E-state index in [1.54, 1.807) is 12.1 Å². The molecule has 0 aliphatic carbocycles. The SMILES string of the molecule is C[C@H](OC(=O)/C=C/c1ccco1)C(=O)Nc1cccc([N+](=O)[O-])c1. The molecular formula is C16H14N2O6. The van der Waals surface area contributed by atoms with Crippen LogP contribution in [0.5, 0.6) is 0 Å². The second kappa shape index (κ2) is 7.73. The van der Waals surface area contributed by atoms with Gasteiger partial charge in [0.15, 0.2) is 6.10 Å². The van der Waals surface area contributed by atoms with Gasteiger partial charge in [0, 0.05) is 23.9 Å². The largest absolute Gasteiger partial charge is 0.465 e. The first kappa shape index (κ1) is 16.9. The Morgan fingerprint density at radius 1 is 1.33 bits per heavy atom. The number of nitro groups is 1. The standard InChI is InChI=1S/C16H14N2O6/c1-11(24-15(19)8-7-14-6-3-9-23-14)16(20)17-12-4-2-5-13(10-12)18(21)22/h2-11H,1H3,(H,17,20)/b8-7+/t11-/m0/s1. The highest BCUT2D eigenvalue weighted by molar-refractivity contribution is 5.96. The van der Waals surface area contributed by atoms with E-state index in [1.165, 1.54) is 43.5 Å². The number of nitro benzene ring substituents is 1. The number of rotatable bonds is 6. The zero-order valence-electron chi connectivity index (χ0n) is 12.7. The molecule has 1 atom stereocenters. The minimum Gasteiger partial charge on any atom is -0.465 e. The summed E-state index contributed by atoms with van der Waals surface area (Å²) in [5, 5.41) is 13.1. The normalized spacial score (nSPS) is 11.9. The fraction of sp³-hybridized carbons (Fsp3) is 0.125. The number of carbonyl (C=O) groups excluding carboxylic acids is 2. The molecule has 0 bridgehead atoms. The van der Waals surface area contributed by atoms with Gasteiger partial charge in [-0.15, -0.1) is 0 Å². The summed E-state index contributed by atoms with van der Waals surface area (Å²) in [5.74, 6) is -0.844. The Hall–Kier alpha value is -3.42. The third-order valence-corrected chi connectivity index (χ3v) is 2.91. The quantitative estimate of drug-likeness (QED) is 0.377. The molecule has 1 heterocycles. The molecule has 2 aromatic rings. The zero-order chi connectivity index (χ0) is 17.5. The summed E-state index contributed by atoms with van der Waals surface area (Å²) in [6.07, 6.45) is 2.93. The van der Waals surface area contributed by atoms with Crippen molar-refractivity contribution in [3.05, 3.63) is 64.6 Å². The molecule has 8 nitrogen and oxygen atoms in total. The molecule has 1 aromatic heterocycles. The summed E-state index contributed by atoms with van der Waals surface area (Å²) in [4.78, 5) is 33.7. The Labute approximate surface area is 136 Å². The predicted octanol–water partition coefficient (Wildman–Crippen LogP) is 2.77. The van der Waals surface area contributed by atoms with Crippen molar-refractivity contribution in [2.24, 2.45) is 0 Å². The van der Waals surface area contributed by atoms with Crippen molar-refractivity contribution in [3.8, 4) is 0 Å². The third kappa shape index (κ3) is 4.80. The molecule has 0 saturated carbocycles. The maximum Gasteiger partial charge on any atom is 0.331 e. The molecule has 1 aromatic carbocycles. The molecule has 0 fully saturated rings. The third-order valence-electron chi connectivity index (χ3n) is 2.91. The Morgan fingerprint density at radius 2 is 2.12 bits per heavy atom. The van der Waals surface area contributed by atoms with Crippen LogP contribution in [0.15, 0.2) is 53.2 Å². The minimum absolute atomic E-state index is 0.154. The first-order valence-corrected chi connectivity index (χ1v) is 6.93. The van der Waals surface area contributed by atoms with Crippen LogP contribution in [0.3, 0.4) is 0 Å². The Balaban J connectivity index is 1.91. The first-order valence-electron chi connectivity index (χ1n) is 6.93. The van der Waals surface area contributed by atoms with Crippen LogP contribution in [-0.4, -0.2) is 22.9 Å². The molecule has 1 N–H and O–H groups in total. The minimum atomic E-state index is -1.07. The van der Waals surface area contributed by atoms with E-state index in [1.807, 2.05) is 0 Å². The number of non-ortho nitro benzene ring substituents is 1. The number of anilines is 1. The van der Waals surface area contributed by atoms with Gasteiger partial charge < -0.3 is 14.5 Å². The topological polar surface area (TPSA) is 112 Å². The van der Waals surface area contributed by atoms with Gasteiger partial charge in [0.1, 0.15) is 5.76 Å². The number of nitrogens with one attached hydrogen (secondary N) is 1. The molecule has 8 heteroatoms. The number of ether oxygens (including phenoxy) is 1. The lowest BCUT2D eigenvalue weighted by Gasteiger charge is -2.12. The van der Waals surface area contributed by atoms with Gasteiger partial charge in [0.2, 0.25) is 0 Å². The molecule has 2 rings (SSSR count). The molecule has 0 unspecified atom stereocenters. The number of esters is 1. The van der Waals surface area contributed by atoms with Crippen LogP contribution in [0.4, 0.5) is 11.4 Å². The van der Waals surface area contributed by atoms with Crippen LogP contribution in [0.1, 0.15) is 12.7 Å². The van der Waals surface area contributed by atoms with Gasteiger partial charge in [0.05, 0.1) is 11.2 Å². The lowest BCUT2D eigenvalue weighted by atomic mass is 10.2. The Kier molecular flexibility index (Phi) is 5.45. The van der Waals surface area contributed by atoms with Crippen molar-refractivity contribution in [1.82, 2.24) is 0 Å². The maximum absolute atomic E-state index is 12.0. The summed E-state index contributed by atoms with van der Waals surface area (Å²) >= 11 is 0. The highest BCUT2D eigenvalue weighted by Gasteiger charge is 2.17. The first-order chi connectivity index (χ1) is 11.5. The number of hydrogen-bond donors (Lipinski definition) is 1. The van der Waals surface area contributed by atoms with Gasteiger partial charge in [0.25, 0.3) is 11.6 Å². The number of hydrogen-bond acceptors (Lipinski definition) is 6. The zero-order valence-corrected chi connectivity index (χ0v) is 12.7. The number of amides is 1. The van der Waals surface area contributed by atoms with Crippen molar-refractivity contribution >= 4 is 29.3 Å². The van der Waals surface area contributed by atoms with Crippen LogP contribution in [0, 0.1) is 10.1 Å². The van der Waals surface area contributed by atoms with Gasteiger partial charge >= 0.3 is 5.97 Å². The van der Waals surface area contributed by atoms with E-state index in [9.17, 15) is 19.7 Å². The molecule has 0 aliphatic heterocycles. The van der Waals surface area contributed by atoms with Crippen LogP contribution < -0.4 is 5.32 Å². The van der Waals surface area contributed by atoms with Crippen molar-refractivity contribution in [3.63, 3.8) is 0 Å². The monoisotopic (exact) mass is 330 g/mol. The van der Waals surface area contributed by atoms with Gasteiger partial charge in [-0.1, -0.05) is 6.07 Å². The molecule has 124 valence electrons. The average molecular weight is 330 g/mol. The summed E-state index contributed by atoms with van der Waals surface area (Å²) in [6.45, 7) is 1.39. The fourth-order valence-electron chi connectivity index (χ4n) is 1.74. The highest BCUT2D eigenvalue weighted by Crippen LogP contribution is 2.17. The number of furan rings is 1. The molecular weight excluding hydrogens is 316 g/mol. The van der Waals surface area contributed by atoms with Crippen molar-refractivity contribution in [2.45, 2.75) is 13.0 Å². The maximum atomic E-state index is 12.0. The van der Waals surface area contributed by atoms with Gasteiger partial charge in [-0.05, 0) is 31.2 Å². The van der Waals surface area contributed by atoms with Crippen LogP contribution >= 0.6 is 0 Å². The van der Waals surface area contributed by atoms with Gasteiger partial charge in [-0.25, -0.2) is 4.79 Å². The van der Waals surface area contributed by atoms with E-state index in [4.69, 9.17) is 9.15 Å². The van der Waals surface area contributed by atoms with E-state index in [2.05, 4.69) is 5.32 Å². The molecule has 1 amide bonds. The Bertz CT molecular complexity index is 767. The highest BCUT2D eigenvalue weighted by atomic mass is 16.6. The number of nitrogens with zero attached hydrogens (tertiary/aromatic N) is 1. The molecule has 0 aliphatic rings. The van der Waals surface area contributed by atoms with Gasteiger partial charge in [-0.3, -0.25) is 14.9 Å². The predicted molar refractivity (Wildman–Crippen MR) is 85.0 cm³/mol. The van der Waals surface area contributed by atoms with Crippen LogP contribution in [0.2, 0.25) is 0 Å². The Morgan fingerprint density at radius 3 is 2.79 bits per heavy atom. The summed E-state index contributed by atoms with van der Waals surface area (Å²) in [6, 6.07) is 8.77. The van der Waals surface area contributed by atoms with Crippen molar-refractivity contribution in [2.75, 3.05) is 5.32 Å². The smallest absolute Gasteiger partial charge is 0.331 e. The molecule has 0 radical (unpaired) electrons. The van der Waals surface area contributed by atoms with E-state index < -0.39 is 22.9 Å². The summed E-state index contributed by atoms with van der Waals surface area (Å²) in [5.41, 5.74) is 0.0852. The van der Waals surface area contributed by atoms with Crippen molar-refractivity contribution in [1.29, 1.82) is 0 Å². The molecule has 0 saturated heterocycles. The lowest BCUT2D eigenvalue weighted by Crippen LogP contribution is -2.29. The van der Waals surface area contributed by atoms with Gasteiger partial charge in [-0.2, -0.15) is 0 Å². The van der Waals surface area contributed by atoms with E-state index in [-0.39, 0.29) is 11.4 Å². The molecule has 0 spiro atoms. The second-order valence-corrected chi connectivity index (χ2v) is 4.72. The summed E-state index contributed by atoms with van der Waals surface area (Å²) in [7, 11) is 0. The average Bonchev–Trinajstić information content (AvgIpc) is 3.06. The number of carbonyl (C=O) groups is 2.